The van der Waals surface area contributed by atoms with Gasteiger partial charge in [-0.25, -0.2) is 4.39 Å². The van der Waals surface area contributed by atoms with E-state index in [0.29, 0.717) is 11.7 Å². The molecule has 1 aromatic heterocycles. The van der Waals surface area contributed by atoms with E-state index in [1.807, 2.05) is 48.7 Å². The standard InChI is InChI=1S/C21H20FN5OS/c1-3-27-20(15-9-5-4-8-14(15)2)25-26-21(27)29-13-19(28)24-18(12-23)16-10-6-7-11-17(16)22/h4-11,18H,3,13H2,1-2H3,(H,24,28). The largest absolute Gasteiger partial charge is 0.336 e. The topological polar surface area (TPSA) is 83.6 Å². The second-order valence-corrected chi connectivity index (χ2v) is 7.25. The second kappa shape index (κ2) is 9.34. The molecule has 8 heteroatoms. The van der Waals surface area contributed by atoms with Crippen molar-refractivity contribution in [3.05, 3.63) is 65.5 Å². The fraction of sp³-hybridized carbons (Fsp3) is 0.238. The number of benzene rings is 2. The van der Waals surface area contributed by atoms with Gasteiger partial charge in [-0.2, -0.15) is 5.26 Å². The predicted octanol–water partition coefficient (Wildman–Crippen LogP) is 3.89. The summed E-state index contributed by atoms with van der Waals surface area (Å²) < 4.78 is 15.8. The quantitative estimate of drug-likeness (QED) is 0.599. The van der Waals surface area contributed by atoms with Crippen molar-refractivity contribution in [3.63, 3.8) is 0 Å². The molecule has 3 aromatic rings. The predicted molar refractivity (Wildman–Crippen MR) is 109 cm³/mol. The molecule has 0 aliphatic carbocycles. The number of carbonyl (C=O) groups excluding carboxylic acids is 1. The highest BCUT2D eigenvalue weighted by molar-refractivity contribution is 7.99. The van der Waals surface area contributed by atoms with Crippen LogP contribution in [-0.4, -0.2) is 26.4 Å². The first-order chi connectivity index (χ1) is 14.0. The van der Waals surface area contributed by atoms with Crippen LogP contribution in [0.1, 0.15) is 24.1 Å². The van der Waals surface area contributed by atoms with Gasteiger partial charge in [-0.1, -0.05) is 54.2 Å². The van der Waals surface area contributed by atoms with Gasteiger partial charge in [0, 0.05) is 17.7 Å². The van der Waals surface area contributed by atoms with Crippen LogP contribution in [0.3, 0.4) is 0 Å². The maximum Gasteiger partial charge on any atom is 0.231 e. The van der Waals surface area contributed by atoms with E-state index in [1.165, 1.54) is 30.0 Å². The van der Waals surface area contributed by atoms with E-state index in [-0.39, 0.29) is 17.2 Å². The Balaban J connectivity index is 1.70. The molecular weight excluding hydrogens is 389 g/mol. The zero-order valence-corrected chi connectivity index (χ0v) is 16.9. The molecule has 1 N–H and O–H groups in total. The molecule has 0 aliphatic rings. The average molecular weight is 409 g/mol. The summed E-state index contributed by atoms with van der Waals surface area (Å²) in [5.41, 5.74) is 2.22. The van der Waals surface area contributed by atoms with Crippen LogP contribution in [0.2, 0.25) is 0 Å². The lowest BCUT2D eigenvalue weighted by molar-refractivity contribution is -0.118. The van der Waals surface area contributed by atoms with Crippen molar-refractivity contribution < 1.29 is 9.18 Å². The summed E-state index contributed by atoms with van der Waals surface area (Å²) in [6.45, 7) is 4.64. The van der Waals surface area contributed by atoms with Gasteiger partial charge in [0.15, 0.2) is 11.0 Å². The number of nitrogens with zero attached hydrogens (tertiary/aromatic N) is 4. The van der Waals surface area contributed by atoms with Gasteiger partial charge in [-0.3, -0.25) is 4.79 Å². The first-order valence-electron chi connectivity index (χ1n) is 9.10. The fourth-order valence-electron chi connectivity index (χ4n) is 2.93. The van der Waals surface area contributed by atoms with Gasteiger partial charge in [0.05, 0.1) is 11.8 Å². The second-order valence-electron chi connectivity index (χ2n) is 6.31. The molecule has 0 radical (unpaired) electrons. The van der Waals surface area contributed by atoms with Gasteiger partial charge in [-0.15, -0.1) is 10.2 Å². The minimum atomic E-state index is -1.05. The number of nitrogens with one attached hydrogen (secondary N) is 1. The van der Waals surface area contributed by atoms with Gasteiger partial charge >= 0.3 is 0 Å². The molecule has 0 fully saturated rings. The minimum Gasteiger partial charge on any atom is -0.336 e. The van der Waals surface area contributed by atoms with Crippen molar-refractivity contribution in [1.29, 1.82) is 5.26 Å². The lowest BCUT2D eigenvalue weighted by Gasteiger charge is -2.13. The van der Waals surface area contributed by atoms with Crippen LogP contribution in [0, 0.1) is 24.1 Å². The fourth-order valence-corrected chi connectivity index (χ4v) is 3.74. The van der Waals surface area contributed by atoms with Crippen molar-refractivity contribution in [2.45, 2.75) is 31.6 Å². The molecule has 0 saturated heterocycles. The number of thioether (sulfide) groups is 1. The molecule has 0 saturated carbocycles. The smallest absolute Gasteiger partial charge is 0.231 e. The number of amides is 1. The third kappa shape index (κ3) is 4.63. The van der Waals surface area contributed by atoms with Crippen molar-refractivity contribution in [2.75, 3.05) is 5.75 Å². The Morgan fingerprint density at radius 3 is 2.66 bits per heavy atom. The van der Waals surface area contributed by atoms with E-state index in [9.17, 15) is 14.4 Å². The third-order valence-corrected chi connectivity index (χ3v) is 5.37. The van der Waals surface area contributed by atoms with Crippen LogP contribution in [0.25, 0.3) is 11.4 Å². The van der Waals surface area contributed by atoms with Gasteiger partial charge in [0.2, 0.25) is 5.91 Å². The summed E-state index contributed by atoms with van der Waals surface area (Å²) in [5, 5.41) is 21.0. The minimum absolute atomic E-state index is 0.0402. The Hall–Kier alpha value is -3.18. The molecule has 1 amide bonds. The molecule has 1 unspecified atom stereocenters. The molecular formula is C21H20FN5OS. The summed E-state index contributed by atoms with van der Waals surface area (Å²) in [4.78, 5) is 12.3. The molecule has 3 rings (SSSR count). The van der Waals surface area contributed by atoms with Crippen molar-refractivity contribution in [3.8, 4) is 17.5 Å². The van der Waals surface area contributed by atoms with Gasteiger partial charge < -0.3 is 9.88 Å². The van der Waals surface area contributed by atoms with Crippen molar-refractivity contribution in [1.82, 2.24) is 20.1 Å². The highest BCUT2D eigenvalue weighted by Gasteiger charge is 2.19. The third-order valence-electron chi connectivity index (χ3n) is 4.40. The van der Waals surface area contributed by atoms with E-state index >= 15 is 0 Å². The Labute approximate surface area is 172 Å². The first kappa shape index (κ1) is 20.6. The van der Waals surface area contributed by atoms with E-state index in [4.69, 9.17) is 0 Å². The van der Waals surface area contributed by atoms with Crippen LogP contribution in [-0.2, 0) is 11.3 Å². The maximum atomic E-state index is 13.9. The molecule has 6 nitrogen and oxygen atoms in total. The Bertz CT molecular complexity index is 1060. The molecule has 1 heterocycles. The van der Waals surface area contributed by atoms with Gasteiger partial charge in [0.25, 0.3) is 0 Å². The molecule has 148 valence electrons. The molecule has 0 bridgehead atoms. The van der Waals surface area contributed by atoms with Crippen LogP contribution in [0.15, 0.2) is 53.7 Å². The molecule has 0 spiro atoms. The number of aromatic nitrogens is 3. The number of aryl methyl sites for hydroxylation is 1. The highest BCUT2D eigenvalue weighted by Crippen LogP contribution is 2.26. The van der Waals surface area contributed by atoms with Crippen LogP contribution in [0.4, 0.5) is 4.39 Å². The normalized spacial score (nSPS) is 11.7. The lowest BCUT2D eigenvalue weighted by atomic mass is 10.1. The zero-order chi connectivity index (χ0) is 20.8. The summed E-state index contributed by atoms with van der Waals surface area (Å²) in [5.74, 6) is -0.123. The summed E-state index contributed by atoms with van der Waals surface area (Å²) in [6.07, 6.45) is 0. The summed E-state index contributed by atoms with van der Waals surface area (Å²) >= 11 is 1.23. The average Bonchev–Trinajstić information content (AvgIpc) is 3.14. The van der Waals surface area contributed by atoms with E-state index in [2.05, 4.69) is 15.5 Å². The summed E-state index contributed by atoms with van der Waals surface area (Å²) in [7, 11) is 0. The Morgan fingerprint density at radius 1 is 1.24 bits per heavy atom. The van der Waals surface area contributed by atoms with Crippen LogP contribution >= 0.6 is 11.8 Å². The SMILES string of the molecule is CCn1c(SCC(=O)NC(C#N)c2ccccc2F)nnc1-c1ccccc1C. The zero-order valence-electron chi connectivity index (χ0n) is 16.1. The molecule has 1 atom stereocenters. The molecule has 2 aromatic carbocycles. The van der Waals surface area contributed by atoms with Crippen molar-refractivity contribution in [2.24, 2.45) is 0 Å². The van der Waals surface area contributed by atoms with Gasteiger partial charge in [0.1, 0.15) is 11.9 Å². The van der Waals surface area contributed by atoms with Crippen LogP contribution < -0.4 is 5.32 Å². The molecule has 29 heavy (non-hydrogen) atoms. The first-order valence-corrected chi connectivity index (χ1v) is 10.1. The number of nitriles is 1. The van der Waals surface area contributed by atoms with E-state index in [1.54, 1.807) is 6.07 Å². The number of halogens is 1. The summed E-state index contributed by atoms with van der Waals surface area (Å²) in [6, 6.07) is 14.7. The van der Waals surface area contributed by atoms with Crippen LogP contribution in [0.5, 0.6) is 0 Å². The van der Waals surface area contributed by atoms with Gasteiger partial charge in [-0.05, 0) is 25.5 Å². The Kier molecular flexibility index (Phi) is 6.62. The monoisotopic (exact) mass is 409 g/mol. The number of rotatable bonds is 7. The number of carbonyl (C=O) groups is 1. The highest BCUT2D eigenvalue weighted by atomic mass is 32.2. The number of hydrogen-bond acceptors (Lipinski definition) is 5. The lowest BCUT2D eigenvalue weighted by Crippen LogP contribution is -2.29. The molecule has 0 aliphatic heterocycles. The van der Waals surface area contributed by atoms with E-state index < -0.39 is 11.9 Å². The Morgan fingerprint density at radius 2 is 1.97 bits per heavy atom. The van der Waals surface area contributed by atoms with Crippen molar-refractivity contribution >= 4 is 17.7 Å². The number of hydrogen-bond donors (Lipinski definition) is 1. The maximum absolute atomic E-state index is 13.9. The van der Waals surface area contributed by atoms with E-state index in [0.717, 1.165) is 17.0 Å².